The first-order chi connectivity index (χ1) is 33.9. The Labute approximate surface area is 442 Å². The maximum absolute atomic E-state index is 5.90. The normalized spacial score (nSPS) is 19.0. The Morgan fingerprint density at radius 2 is 1.19 bits per heavy atom. The molecule has 3 spiro atoms. The van der Waals surface area contributed by atoms with E-state index in [0.29, 0.717) is 5.41 Å². The van der Waals surface area contributed by atoms with E-state index in [1.54, 1.807) is 38.2 Å². The number of halogens is 2. The van der Waals surface area contributed by atoms with Gasteiger partial charge in [0.25, 0.3) is 0 Å². The first-order valence-electron chi connectivity index (χ1n) is 26.7. The fourth-order valence-electron chi connectivity index (χ4n) is 14.7. The molecule has 0 aliphatic heterocycles. The molecule has 6 aromatic carbocycles. The number of allylic oxidation sites excluding steroid dienone is 4. The van der Waals surface area contributed by atoms with Crippen molar-refractivity contribution in [3.05, 3.63) is 190 Å². The van der Waals surface area contributed by atoms with Crippen LogP contribution in [0.2, 0.25) is 0 Å². The monoisotopic (exact) mass is 1060 g/mol. The van der Waals surface area contributed by atoms with Gasteiger partial charge in [0.2, 0.25) is 0 Å². The van der Waals surface area contributed by atoms with Crippen LogP contribution in [0.1, 0.15) is 149 Å². The van der Waals surface area contributed by atoms with Crippen molar-refractivity contribution in [2.24, 2.45) is 10.8 Å². The zero-order valence-corrected chi connectivity index (χ0v) is 48.2. The van der Waals surface area contributed by atoms with Crippen LogP contribution in [0.4, 0.5) is 0 Å². The molecule has 0 bridgehead atoms. The fourth-order valence-corrected chi connectivity index (χ4v) is 20.4. The van der Waals surface area contributed by atoms with E-state index in [1.165, 1.54) is 140 Å². The summed E-state index contributed by atoms with van der Waals surface area (Å²) in [6.07, 6.45) is 27.4. The van der Waals surface area contributed by atoms with Crippen LogP contribution in [0.5, 0.6) is 0 Å². The van der Waals surface area contributed by atoms with Gasteiger partial charge in [-0.05, 0) is 87.0 Å². The van der Waals surface area contributed by atoms with Crippen LogP contribution < -0.4 is 20.7 Å². The summed E-state index contributed by atoms with van der Waals surface area (Å²) in [5.41, 5.74) is 17.8. The molecular weight excluding hydrogens is 987 g/mol. The molecule has 364 valence electrons. The Hall–Kier alpha value is -3.30. The van der Waals surface area contributed by atoms with Crippen LogP contribution in [-0.4, -0.2) is 20.3 Å². The molecule has 5 aliphatic rings. The second-order valence-corrected chi connectivity index (χ2v) is 29.8. The first kappa shape index (κ1) is 51.6. The number of benzene rings is 4. The van der Waals surface area contributed by atoms with Gasteiger partial charge in [0.05, 0.1) is 13.7 Å². The second kappa shape index (κ2) is 21.7. The molecule has 1 unspecified atom stereocenters. The van der Waals surface area contributed by atoms with Crippen molar-refractivity contribution in [3.8, 4) is 11.1 Å². The van der Waals surface area contributed by atoms with Gasteiger partial charge in [0, 0.05) is 17.4 Å². The third kappa shape index (κ3) is 9.01. The summed E-state index contributed by atoms with van der Waals surface area (Å²) in [7, 11) is 7.44. The summed E-state index contributed by atoms with van der Waals surface area (Å²) in [6, 6.07) is 46.6. The Balaban J connectivity index is 0.000000166. The Kier molecular flexibility index (Phi) is 16.0. The number of ether oxygens (including phenoxy) is 1. The standard InChI is InChI=1S/C35H44O.C30H32Si.2ClH.Zr/c1-32(2,3)36-24-14-5-4-7-15-27-20-23-33(25-27)26-35(34(33)21-12-6-13-22-34)30-18-10-8-16-28(30)29-17-9-11-19-31(29)35;1-21-22(2)24(4)30(23(21)3)31(26-14-7-5-8-15-26,27-16-9-6-10-17-27)29-20-19-25-13-11-12-18-28(25)29;;;/h8-11,16-20,23,25H,4-7,12-15,21-22,24,26H2,1-3H3;5-10,14-17,19-20H,11-13,18H2,1-4H3;2*1H;/q;-2;;;+4/p-2. The number of fused-ring (bicyclic) bond motifs is 8. The van der Waals surface area contributed by atoms with Crippen LogP contribution in [0.25, 0.3) is 11.1 Å². The van der Waals surface area contributed by atoms with E-state index in [2.05, 4.69) is 188 Å². The van der Waals surface area contributed by atoms with Crippen molar-refractivity contribution < 1.29 is 25.6 Å². The number of hydrogen-bond donors (Lipinski definition) is 0. The van der Waals surface area contributed by atoms with E-state index in [0.717, 1.165) is 6.61 Å². The zero-order valence-electron chi connectivity index (χ0n) is 43.3. The third-order valence-corrected chi connectivity index (χ3v) is 23.1. The van der Waals surface area contributed by atoms with Crippen molar-refractivity contribution in [1.82, 2.24) is 0 Å². The molecule has 5 aliphatic carbocycles. The quantitative estimate of drug-likeness (QED) is 0.0714. The summed E-state index contributed by atoms with van der Waals surface area (Å²) < 4.78 is 5.90. The molecule has 0 saturated heterocycles. The molecule has 0 aromatic heterocycles. The molecular formula is C65H76Cl2OSiZr. The van der Waals surface area contributed by atoms with Gasteiger partial charge in [-0.3, -0.25) is 0 Å². The Morgan fingerprint density at radius 1 is 0.643 bits per heavy atom. The van der Waals surface area contributed by atoms with Crippen LogP contribution in [0.3, 0.4) is 0 Å². The van der Waals surface area contributed by atoms with Crippen molar-refractivity contribution >= 4 is 45.8 Å². The number of aryl methyl sites for hydroxylation is 1. The summed E-state index contributed by atoms with van der Waals surface area (Å²) in [4.78, 5) is 0. The molecule has 11 rings (SSSR count). The van der Waals surface area contributed by atoms with E-state index in [4.69, 9.17) is 21.8 Å². The van der Waals surface area contributed by atoms with Crippen LogP contribution in [0, 0.1) is 38.5 Å². The summed E-state index contributed by atoms with van der Waals surface area (Å²) in [5.74, 6) is 0. The van der Waals surface area contributed by atoms with E-state index < -0.39 is 28.9 Å². The van der Waals surface area contributed by atoms with Gasteiger partial charge in [0.1, 0.15) is 0 Å². The fraction of sp³-hybridized carbons (Fsp3) is 0.415. The minimum absolute atomic E-state index is 0.0106. The van der Waals surface area contributed by atoms with Gasteiger partial charge in [0.15, 0.2) is 0 Å². The SMILES string of the molecule is CC(C)(C)OCCCCCCC1=CC2(C=C1)CC1(c3ccccc3-c3ccccc31)C21CCCCC1.Cc1c(C)c(C)[c-]([Si](c2ccccc2)(c2ccccc2)[c-]2ccc3c2CCCC3)c1C.[Cl][Zr+2][Cl]. The van der Waals surface area contributed by atoms with Crippen LogP contribution in [-0.2, 0) is 43.8 Å². The van der Waals surface area contributed by atoms with E-state index in [1.807, 2.05) is 0 Å². The van der Waals surface area contributed by atoms with Crippen LogP contribution in [0.15, 0.2) is 145 Å². The number of rotatable bonds is 11. The molecule has 0 radical (unpaired) electrons. The molecule has 2 fully saturated rings. The van der Waals surface area contributed by atoms with Gasteiger partial charge in [-0.2, -0.15) is 49.8 Å². The predicted molar refractivity (Wildman–Crippen MR) is 300 cm³/mol. The van der Waals surface area contributed by atoms with E-state index >= 15 is 0 Å². The van der Waals surface area contributed by atoms with E-state index in [-0.39, 0.29) is 16.4 Å². The van der Waals surface area contributed by atoms with Crippen molar-refractivity contribution in [2.45, 2.75) is 156 Å². The second-order valence-electron chi connectivity index (χ2n) is 22.4. The van der Waals surface area contributed by atoms with Crippen molar-refractivity contribution in [2.75, 3.05) is 6.61 Å². The average Bonchev–Trinajstić information content (AvgIpc) is 4.14. The maximum atomic E-state index is 5.90. The zero-order chi connectivity index (χ0) is 49.2. The van der Waals surface area contributed by atoms with Crippen molar-refractivity contribution in [3.63, 3.8) is 0 Å². The Bertz CT molecular complexity index is 2690. The van der Waals surface area contributed by atoms with Gasteiger partial charge < -0.3 is 4.74 Å². The molecule has 1 nitrogen and oxygen atoms in total. The van der Waals surface area contributed by atoms with Gasteiger partial charge in [-0.25, -0.2) is 6.07 Å². The predicted octanol–water partition coefficient (Wildman–Crippen LogP) is 15.5. The molecule has 0 heterocycles. The van der Waals surface area contributed by atoms with Gasteiger partial charge in [-0.15, -0.1) is 0 Å². The number of hydrogen-bond acceptors (Lipinski definition) is 1. The molecule has 0 amide bonds. The summed E-state index contributed by atoms with van der Waals surface area (Å²) in [5, 5.41) is 6.28. The van der Waals surface area contributed by atoms with Crippen LogP contribution >= 0.6 is 17.0 Å². The topological polar surface area (TPSA) is 9.23 Å². The summed E-state index contributed by atoms with van der Waals surface area (Å²) >= 11 is -0.826. The van der Waals surface area contributed by atoms with E-state index in [9.17, 15) is 0 Å². The first-order valence-corrected chi connectivity index (χ1v) is 35.1. The van der Waals surface area contributed by atoms with Crippen molar-refractivity contribution in [1.29, 1.82) is 0 Å². The Morgan fingerprint density at radius 3 is 1.77 bits per heavy atom. The molecule has 1 atom stereocenters. The minimum atomic E-state index is -2.43. The molecule has 6 aromatic rings. The van der Waals surface area contributed by atoms with Gasteiger partial charge in [-0.1, -0.05) is 229 Å². The average molecular weight is 1060 g/mol. The molecule has 70 heavy (non-hydrogen) atoms. The number of unbranched alkanes of at least 4 members (excludes halogenated alkanes) is 3. The summed E-state index contributed by atoms with van der Waals surface area (Å²) in [6.45, 7) is 16.7. The third-order valence-electron chi connectivity index (χ3n) is 17.9. The van der Waals surface area contributed by atoms with Gasteiger partial charge >= 0.3 is 37.9 Å². The molecule has 0 N–H and O–H groups in total. The molecule has 2 saturated carbocycles. The molecule has 5 heteroatoms.